The second-order valence-corrected chi connectivity index (χ2v) is 5.54. The van der Waals surface area contributed by atoms with E-state index in [0.29, 0.717) is 0 Å². The van der Waals surface area contributed by atoms with Gasteiger partial charge in [0.15, 0.2) is 6.29 Å². The topological polar surface area (TPSA) is 169 Å². The molecule has 0 radical (unpaired) electrons. The number of aliphatic hydroxyl groups is 7. The van der Waals surface area contributed by atoms with Crippen LogP contribution in [0, 0.1) is 0 Å². The number of hydrogen-bond acceptors (Lipinski definition) is 10. The number of ether oxygens (including phenoxy) is 3. The van der Waals surface area contributed by atoms with Crippen LogP contribution >= 0.6 is 0 Å². The summed E-state index contributed by atoms with van der Waals surface area (Å²) in [6, 6.07) is 0. The average Bonchev–Trinajstić information content (AvgIpc) is 2.72. The second kappa shape index (κ2) is 6.61. The fourth-order valence-corrected chi connectivity index (χ4v) is 2.60. The van der Waals surface area contributed by atoms with Gasteiger partial charge in [-0.2, -0.15) is 0 Å². The van der Waals surface area contributed by atoms with Gasteiger partial charge < -0.3 is 50.0 Å². The Bertz CT molecular complexity index is 379. The minimum absolute atomic E-state index is 0.653. The largest absolute Gasteiger partial charge is 0.394 e. The summed E-state index contributed by atoms with van der Waals surface area (Å²) in [7, 11) is 0. The van der Waals surface area contributed by atoms with Crippen molar-refractivity contribution in [3.63, 3.8) is 0 Å². The maximum absolute atomic E-state index is 9.98. The zero-order valence-corrected chi connectivity index (χ0v) is 11.9. The standard InChI is InChI=1S/C12H22O10/c1-4-6(15)10(19)12(3-14,21-4)22-11-9(18)8(17)7(16)5(2-13)20-11/h4-11,13-19H,2-3H2,1H3/t4-,5?,6?,7-,8-,9?,10-,11-,12+/m1/s1. The van der Waals surface area contributed by atoms with Crippen LogP contribution in [0.4, 0.5) is 0 Å². The first-order valence-electron chi connectivity index (χ1n) is 6.90. The summed E-state index contributed by atoms with van der Waals surface area (Å²) in [5, 5.41) is 67.5. The minimum atomic E-state index is -2.06. The smallest absolute Gasteiger partial charge is 0.223 e. The zero-order chi connectivity index (χ0) is 16.7. The molecule has 2 fully saturated rings. The molecule has 0 aliphatic carbocycles. The summed E-state index contributed by atoms with van der Waals surface area (Å²) >= 11 is 0. The van der Waals surface area contributed by atoms with Crippen LogP contribution in [-0.4, -0.2) is 104 Å². The van der Waals surface area contributed by atoms with Gasteiger partial charge in [0, 0.05) is 0 Å². The van der Waals surface area contributed by atoms with Gasteiger partial charge in [0.05, 0.1) is 12.7 Å². The molecule has 2 aliphatic rings. The van der Waals surface area contributed by atoms with Crippen molar-refractivity contribution in [3.8, 4) is 0 Å². The van der Waals surface area contributed by atoms with E-state index in [1.165, 1.54) is 6.92 Å². The van der Waals surface area contributed by atoms with Crippen molar-refractivity contribution >= 4 is 0 Å². The predicted molar refractivity (Wildman–Crippen MR) is 67.2 cm³/mol. The Labute approximate surface area is 126 Å². The molecule has 2 saturated heterocycles. The van der Waals surface area contributed by atoms with Crippen molar-refractivity contribution in [1.82, 2.24) is 0 Å². The summed E-state index contributed by atoms with van der Waals surface area (Å²) in [6.07, 6.45) is -11.6. The highest BCUT2D eigenvalue weighted by atomic mass is 16.8. The molecular formula is C12H22O10. The Morgan fingerprint density at radius 1 is 0.955 bits per heavy atom. The normalized spacial score (nSPS) is 52.9. The van der Waals surface area contributed by atoms with E-state index in [-0.39, 0.29) is 0 Å². The molecule has 0 aromatic heterocycles. The first kappa shape index (κ1) is 17.9. The molecule has 0 bridgehead atoms. The molecule has 0 saturated carbocycles. The molecule has 2 heterocycles. The molecular weight excluding hydrogens is 304 g/mol. The van der Waals surface area contributed by atoms with Crippen LogP contribution in [0.15, 0.2) is 0 Å². The SMILES string of the molecule is C[C@H]1O[C@@](CO)(O[C@H]2OC(CO)[C@@H](O)[C@@H](O)C2O)[C@H](O)C1O. The van der Waals surface area contributed by atoms with E-state index in [1.54, 1.807) is 0 Å². The quantitative estimate of drug-likeness (QED) is 0.268. The van der Waals surface area contributed by atoms with Crippen LogP contribution in [0.1, 0.15) is 6.92 Å². The fraction of sp³-hybridized carbons (Fsp3) is 1.00. The van der Waals surface area contributed by atoms with Crippen molar-refractivity contribution in [2.45, 2.75) is 61.7 Å². The van der Waals surface area contributed by atoms with Crippen LogP contribution in [0.2, 0.25) is 0 Å². The summed E-state index contributed by atoms with van der Waals surface area (Å²) < 4.78 is 15.6. The van der Waals surface area contributed by atoms with Crippen molar-refractivity contribution in [3.05, 3.63) is 0 Å². The fourth-order valence-electron chi connectivity index (χ4n) is 2.60. The highest BCUT2D eigenvalue weighted by molar-refractivity contribution is 4.97. The maximum atomic E-state index is 9.98. The lowest BCUT2D eigenvalue weighted by atomic mass is 9.99. The minimum Gasteiger partial charge on any atom is -0.394 e. The zero-order valence-electron chi connectivity index (χ0n) is 11.9. The first-order chi connectivity index (χ1) is 10.3. The van der Waals surface area contributed by atoms with Crippen LogP contribution in [0.25, 0.3) is 0 Å². The van der Waals surface area contributed by atoms with Crippen LogP contribution in [0.5, 0.6) is 0 Å². The van der Waals surface area contributed by atoms with Gasteiger partial charge in [0.1, 0.15) is 43.2 Å². The van der Waals surface area contributed by atoms with Crippen molar-refractivity contribution < 1.29 is 50.0 Å². The van der Waals surface area contributed by atoms with Gasteiger partial charge in [-0.3, -0.25) is 0 Å². The third-order valence-electron chi connectivity index (χ3n) is 4.02. The van der Waals surface area contributed by atoms with Gasteiger partial charge in [-0.05, 0) is 6.92 Å². The first-order valence-corrected chi connectivity index (χ1v) is 6.90. The van der Waals surface area contributed by atoms with E-state index in [2.05, 4.69) is 0 Å². The molecule has 0 spiro atoms. The average molecular weight is 326 g/mol. The van der Waals surface area contributed by atoms with Gasteiger partial charge >= 0.3 is 0 Å². The summed E-state index contributed by atoms with van der Waals surface area (Å²) in [4.78, 5) is 0. The molecule has 7 N–H and O–H groups in total. The van der Waals surface area contributed by atoms with Gasteiger partial charge in [-0.25, -0.2) is 0 Å². The van der Waals surface area contributed by atoms with E-state index in [9.17, 15) is 30.6 Å². The third-order valence-corrected chi connectivity index (χ3v) is 4.02. The van der Waals surface area contributed by atoms with Crippen molar-refractivity contribution in [2.24, 2.45) is 0 Å². The van der Waals surface area contributed by atoms with E-state index in [4.69, 9.17) is 19.3 Å². The van der Waals surface area contributed by atoms with Crippen LogP contribution < -0.4 is 0 Å². The van der Waals surface area contributed by atoms with Crippen molar-refractivity contribution in [2.75, 3.05) is 13.2 Å². The van der Waals surface area contributed by atoms with E-state index in [1.807, 2.05) is 0 Å². The lowest BCUT2D eigenvalue weighted by Gasteiger charge is -2.43. The van der Waals surface area contributed by atoms with Crippen LogP contribution in [-0.2, 0) is 14.2 Å². The van der Waals surface area contributed by atoms with Crippen molar-refractivity contribution in [1.29, 1.82) is 0 Å². The van der Waals surface area contributed by atoms with E-state index in [0.717, 1.165) is 0 Å². The Balaban J connectivity index is 2.17. The molecule has 3 unspecified atom stereocenters. The van der Waals surface area contributed by atoms with E-state index < -0.39 is 68.0 Å². The predicted octanol–water partition coefficient (Wildman–Crippen LogP) is -4.37. The monoisotopic (exact) mass is 326 g/mol. The Kier molecular flexibility index (Phi) is 5.39. The van der Waals surface area contributed by atoms with Gasteiger partial charge in [0.2, 0.25) is 5.79 Å². The summed E-state index contributed by atoms with van der Waals surface area (Å²) in [5.41, 5.74) is 0. The van der Waals surface area contributed by atoms with E-state index >= 15 is 0 Å². The Hall–Kier alpha value is -0.400. The molecule has 2 aliphatic heterocycles. The maximum Gasteiger partial charge on any atom is 0.223 e. The summed E-state index contributed by atoms with van der Waals surface area (Å²) in [6.45, 7) is -0.0636. The highest BCUT2D eigenvalue weighted by Gasteiger charge is 2.57. The number of rotatable bonds is 4. The number of hydrogen-bond donors (Lipinski definition) is 7. The third kappa shape index (κ3) is 2.87. The molecule has 130 valence electrons. The van der Waals surface area contributed by atoms with Gasteiger partial charge in [0.25, 0.3) is 0 Å². The molecule has 9 atom stereocenters. The van der Waals surface area contributed by atoms with Gasteiger partial charge in [-0.1, -0.05) is 0 Å². The molecule has 10 nitrogen and oxygen atoms in total. The molecule has 10 heteroatoms. The lowest BCUT2D eigenvalue weighted by molar-refractivity contribution is -0.382. The Morgan fingerprint density at radius 3 is 2.05 bits per heavy atom. The molecule has 2 rings (SSSR count). The second-order valence-electron chi connectivity index (χ2n) is 5.54. The summed E-state index contributed by atoms with van der Waals surface area (Å²) in [5.74, 6) is -2.06. The lowest BCUT2D eigenvalue weighted by Crippen LogP contribution is -2.62. The molecule has 0 amide bonds. The molecule has 22 heavy (non-hydrogen) atoms. The van der Waals surface area contributed by atoms with Crippen LogP contribution in [0.3, 0.4) is 0 Å². The Morgan fingerprint density at radius 2 is 1.59 bits per heavy atom. The number of aliphatic hydroxyl groups excluding tert-OH is 7. The molecule has 0 aromatic carbocycles. The van der Waals surface area contributed by atoms with Gasteiger partial charge in [-0.15, -0.1) is 0 Å². The molecule has 0 aromatic rings. The highest BCUT2D eigenvalue weighted by Crippen LogP contribution is 2.35.